The first-order chi connectivity index (χ1) is 7.83. The van der Waals surface area contributed by atoms with Crippen LogP contribution in [0.25, 0.3) is 11.4 Å². The average Bonchev–Trinajstić information content (AvgIpc) is 2.39. The van der Waals surface area contributed by atoms with Gasteiger partial charge in [-0.2, -0.15) is 5.10 Å². The Morgan fingerprint density at radius 3 is 2.56 bits per heavy atom. The number of nitrogens with one attached hydrogen (secondary N) is 1. The van der Waals surface area contributed by atoms with E-state index in [4.69, 9.17) is 4.74 Å². The van der Waals surface area contributed by atoms with E-state index in [-0.39, 0.29) is 0 Å². The summed E-state index contributed by atoms with van der Waals surface area (Å²) in [7, 11) is 3.43. The van der Waals surface area contributed by atoms with E-state index in [2.05, 4.69) is 20.5 Å². The number of rotatable bonds is 3. The molecule has 0 saturated heterocycles. The van der Waals surface area contributed by atoms with Crippen molar-refractivity contribution in [2.24, 2.45) is 0 Å². The highest BCUT2D eigenvalue weighted by Crippen LogP contribution is 2.19. The standard InChI is InChI=1S/C11H12N4O/c1-12-10-7-13-15-11(14-10)8-3-5-9(16-2)6-4-8/h3-7H,1-2H3,(H,12,14,15). The summed E-state index contributed by atoms with van der Waals surface area (Å²) < 4.78 is 5.08. The molecule has 16 heavy (non-hydrogen) atoms. The van der Waals surface area contributed by atoms with E-state index in [9.17, 15) is 0 Å². The van der Waals surface area contributed by atoms with Crippen molar-refractivity contribution in [1.82, 2.24) is 15.2 Å². The molecule has 0 aliphatic rings. The maximum atomic E-state index is 5.08. The minimum absolute atomic E-state index is 0.592. The van der Waals surface area contributed by atoms with Crippen molar-refractivity contribution in [2.75, 3.05) is 19.5 Å². The highest BCUT2D eigenvalue weighted by atomic mass is 16.5. The first-order valence-corrected chi connectivity index (χ1v) is 4.85. The third-order valence-electron chi connectivity index (χ3n) is 2.16. The fraction of sp³-hybridized carbons (Fsp3) is 0.182. The molecular weight excluding hydrogens is 204 g/mol. The molecule has 0 amide bonds. The van der Waals surface area contributed by atoms with Gasteiger partial charge in [0.1, 0.15) is 11.6 Å². The zero-order valence-corrected chi connectivity index (χ0v) is 9.14. The van der Waals surface area contributed by atoms with Gasteiger partial charge in [-0.15, -0.1) is 5.10 Å². The Labute approximate surface area is 93.5 Å². The van der Waals surface area contributed by atoms with Crippen molar-refractivity contribution in [3.63, 3.8) is 0 Å². The van der Waals surface area contributed by atoms with Gasteiger partial charge in [-0.1, -0.05) is 0 Å². The van der Waals surface area contributed by atoms with Gasteiger partial charge in [0, 0.05) is 12.6 Å². The van der Waals surface area contributed by atoms with Gasteiger partial charge in [0.15, 0.2) is 5.82 Å². The van der Waals surface area contributed by atoms with Gasteiger partial charge in [-0.3, -0.25) is 0 Å². The number of aromatic nitrogens is 3. The summed E-state index contributed by atoms with van der Waals surface area (Å²) >= 11 is 0. The minimum Gasteiger partial charge on any atom is -0.497 e. The topological polar surface area (TPSA) is 59.9 Å². The van der Waals surface area contributed by atoms with E-state index in [0.29, 0.717) is 11.6 Å². The molecular formula is C11H12N4O. The number of methoxy groups -OCH3 is 1. The second-order valence-corrected chi connectivity index (χ2v) is 3.14. The Hall–Kier alpha value is -2.17. The molecule has 0 aliphatic heterocycles. The molecule has 2 rings (SSSR count). The van der Waals surface area contributed by atoms with Gasteiger partial charge in [-0.25, -0.2) is 4.98 Å². The Kier molecular flexibility index (Phi) is 2.95. The summed E-state index contributed by atoms with van der Waals surface area (Å²) in [6.07, 6.45) is 1.58. The summed E-state index contributed by atoms with van der Waals surface area (Å²) in [4.78, 5) is 4.29. The third-order valence-corrected chi connectivity index (χ3v) is 2.16. The monoisotopic (exact) mass is 216 g/mol. The van der Waals surface area contributed by atoms with Crippen LogP contribution in [0.1, 0.15) is 0 Å². The van der Waals surface area contributed by atoms with Crippen LogP contribution < -0.4 is 10.1 Å². The van der Waals surface area contributed by atoms with Crippen molar-refractivity contribution >= 4 is 5.82 Å². The molecule has 1 aromatic carbocycles. The molecule has 5 heteroatoms. The average molecular weight is 216 g/mol. The SMILES string of the molecule is CNc1cnnc(-c2ccc(OC)cc2)n1. The molecule has 0 fully saturated rings. The van der Waals surface area contributed by atoms with E-state index < -0.39 is 0 Å². The Balaban J connectivity index is 2.34. The maximum Gasteiger partial charge on any atom is 0.183 e. The van der Waals surface area contributed by atoms with Crippen molar-refractivity contribution in [3.05, 3.63) is 30.5 Å². The number of ether oxygens (including phenoxy) is 1. The lowest BCUT2D eigenvalue weighted by atomic mass is 10.2. The van der Waals surface area contributed by atoms with E-state index in [1.807, 2.05) is 24.3 Å². The number of nitrogens with zero attached hydrogens (tertiary/aromatic N) is 3. The van der Waals surface area contributed by atoms with Crippen LogP contribution in [-0.2, 0) is 0 Å². The first-order valence-electron chi connectivity index (χ1n) is 4.85. The summed E-state index contributed by atoms with van der Waals surface area (Å²) in [5, 5.41) is 10.8. The zero-order valence-electron chi connectivity index (χ0n) is 9.14. The molecule has 1 N–H and O–H groups in total. The Morgan fingerprint density at radius 1 is 1.19 bits per heavy atom. The van der Waals surface area contributed by atoms with Crippen LogP contribution in [0.2, 0.25) is 0 Å². The van der Waals surface area contributed by atoms with Crippen molar-refractivity contribution in [3.8, 4) is 17.1 Å². The molecule has 1 aromatic heterocycles. The lowest BCUT2D eigenvalue weighted by Crippen LogP contribution is -1.98. The van der Waals surface area contributed by atoms with Gasteiger partial charge in [0.2, 0.25) is 0 Å². The number of anilines is 1. The van der Waals surface area contributed by atoms with Crippen LogP contribution in [0.4, 0.5) is 5.82 Å². The van der Waals surface area contributed by atoms with Gasteiger partial charge in [0.05, 0.1) is 13.3 Å². The second kappa shape index (κ2) is 4.57. The second-order valence-electron chi connectivity index (χ2n) is 3.14. The molecule has 0 unspecified atom stereocenters. The van der Waals surface area contributed by atoms with Crippen molar-refractivity contribution in [2.45, 2.75) is 0 Å². The van der Waals surface area contributed by atoms with Crippen LogP contribution >= 0.6 is 0 Å². The van der Waals surface area contributed by atoms with Crippen molar-refractivity contribution in [1.29, 1.82) is 0 Å². The van der Waals surface area contributed by atoms with Crippen LogP contribution in [0, 0.1) is 0 Å². The third kappa shape index (κ3) is 2.08. The zero-order chi connectivity index (χ0) is 11.4. The maximum absolute atomic E-state index is 5.08. The quantitative estimate of drug-likeness (QED) is 0.844. The highest BCUT2D eigenvalue weighted by Gasteiger charge is 2.03. The largest absolute Gasteiger partial charge is 0.497 e. The first kappa shape index (κ1) is 10.4. The van der Waals surface area contributed by atoms with Crippen LogP contribution in [0.15, 0.2) is 30.5 Å². The predicted molar refractivity (Wildman–Crippen MR) is 61.4 cm³/mol. The van der Waals surface area contributed by atoms with Gasteiger partial charge in [0.25, 0.3) is 0 Å². The highest BCUT2D eigenvalue weighted by molar-refractivity contribution is 5.57. The molecule has 5 nitrogen and oxygen atoms in total. The Bertz CT molecular complexity index is 470. The van der Waals surface area contributed by atoms with Gasteiger partial charge in [-0.05, 0) is 24.3 Å². The lowest BCUT2D eigenvalue weighted by molar-refractivity contribution is 0.415. The van der Waals surface area contributed by atoms with Crippen LogP contribution in [0.3, 0.4) is 0 Å². The fourth-order valence-electron chi connectivity index (χ4n) is 1.29. The van der Waals surface area contributed by atoms with E-state index in [1.54, 1.807) is 20.4 Å². The van der Waals surface area contributed by atoms with E-state index in [0.717, 1.165) is 11.3 Å². The van der Waals surface area contributed by atoms with Crippen LogP contribution in [0.5, 0.6) is 5.75 Å². The summed E-state index contributed by atoms with van der Waals surface area (Å²) in [5.41, 5.74) is 0.908. The molecule has 0 spiro atoms. The number of hydrogen-bond donors (Lipinski definition) is 1. The van der Waals surface area contributed by atoms with E-state index >= 15 is 0 Å². The molecule has 0 saturated carbocycles. The minimum atomic E-state index is 0.592. The molecule has 0 radical (unpaired) electrons. The summed E-state index contributed by atoms with van der Waals surface area (Å²) in [5.74, 6) is 2.09. The smallest absolute Gasteiger partial charge is 0.183 e. The van der Waals surface area contributed by atoms with Gasteiger partial charge < -0.3 is 10.1 Å². The molecule has 82 valence electrons. The molecule has 0 bridgehead atoms. The number of hydrogen-bond acceptors (Lipinski definition) is 5. The fourth-order valence-corrected chi connectivity index (χ4v) is 1.29. The summed E-state index contributed by atoms with van der Waals surface area (Å²) in [6, 6.07) is 7.53. The normalized spacial score (nSPS) is 9.88. The predicted octanol–water partition coefficient (Wildman–Crippen LogP) is 1.59. The van der Waals surface area contributed by atoms with E-state index in [1.165, 1.54) is 0 Å². The number of benzene rings is 1. The molecule has 1 heterocycles. The molecule has 2 aromatic rings. The molecule has 0 aliphatic carbocycles. The van der Waals surface area contributed by atoms with Gasteiger partial charge >= 0.3 is 0 Å². The summed E-state index contributed by atoms with van der Waals surface area (Å²) in [6.45, 7) is 0. The van der Waals surface area contributed by atoms with Crippen molar-refractivity contribution < 1.29 is 4.74 Å². The van der Waals surface area contributed by atoms with Crippen LogP contribution in [-0.4, -0.2) is 29.3 Å². The molecule has 0 atom stereocenters. The Morgan fingerprint density at radius 2 is 1.94 bits per heavy atom. The lowest BCUT2D eigenvalue weighted by Gasteiger charge is -2.03.